The minimum absolute atomic E-state index is 0.0813. The highest BCUT2D eigenvalue weighted by Crippen LogP contribution is 2.53. The molecule has 1 saturated heterocycles. The first-order valence-electron chi connectivity index (χ1n) is 21.0. The summed E-state index contributed by atoms with van der Waals surface area (Å²) < 4.78 is 6.85. The fourth-order valence-electron chi connectivity index (χ4n) is 10.6. The van der Waals surface area contributed by atoms with E-state index in [2.05, 4.69) is 169 Å². The Bertz CT molecular complexity index is 2480. The van der Waals surface area contributed by atoms with Gasteiger partial charge < -0.3 is 9.64 Å². The van der Waals surface area contributed by atoms with Crippen molar-refractivity contribution >= 4 is 22.8 Å². The number of rotatable bonds is 6. The van der Waals surface area contributed by atoms with E-state index in [9.17, 15) is 0 Å². The maximum atomic E-state index is 6.85. The number of likely N-dealkylation sites (tertiary alicyclic amines) is 1. The van der Waals surface area contributed by atoms with E-state index in [1.54, 1.807) is 5.57 Å². The minimum atomic E-state index is -0.223. The van der Waals surface area contributed by atoms with E-state index in [1.165, 1.54) is 41.5 Å². The molecular weight excluding hydrogens is 697 g/mol. The summed E-state index contributed by atoms with van der Waals surface area (Å²) in [7, 11) is 2.11. The summed E-state index contributed by atoms with van der Waals surface area (Å²) in [5.41, 5.74) is 12.4. The first kappa shape index (κ1) is 34.5. The van der Waals surface area contributed by atoms with Gasteiger partial charge in [0.1, 0.15) is 23.9 Å². The topological polar surface area (TPSA) is 40.4 Å². The number of allylic oxidation sites excluding steroid dienone is 7. The average Bonchev–Trinajstić information content (AvgIpc) is 3.81. The molecule has 0 N–H and O–H groups in total. The third-order valence-electron chi connectivity index (χ3n) is 13.3. The maximum Gasteiger partial charge on any atom is 0.160 e. The molecule has 3 heterocycles. The fourth-order valence-corrected chi connectivity index (χ4v) is 10.6. The molecule has 6 atom stereocenters. The van der Waals surface area contributed by atoms with Gasteiger partial charge in [-0.15, -0.1) is 0 Å². The zero-order valence-corrected chi connectivity index (χ0v) is 32.5. The lowest BCUT2D eigenvalue weighted by Crippen LogP contribution is -2.45. The van der Waals surface area contributed by atoms with Crippen molar-refractivity contribution in [2.75, 3.05) is 7.05 Å². The molecule has 5 heteroatoms. The molecule has 4 aromatic carbocycles. The molecule has 0 saturated carbocycles. The molecule has 7 aliphatic rings. The van der Waals surface area contributed by atoms with Crippen molar-refractivity contribution in [2.45, 2.75) is 75.3 Å². The standard InChI is InChI=1S/C52H48N4O/c1-55-51(35-18-8-3-9-19-35)53-50(54-52(55)36-20-10-4-11-21-36)45-30-37(34-16-6-2-7-17-34)26-28-40(45)38-27-29-48-43(31-38)44-32-47-42(33-49(44)57-48)41-24-14-15-25-46(41)56(47)39-22-12-5-13-23-39/h2-6,8-13,16,18-22,24,26-32,39,42,46-47,49,51H,7,14-15,17,23,25,33H2,1H3. The van der Waals surface area contributed by atoms with Crippen molar-refractivity contribution < 1.29 is 4.74 Å². The molecule has 5 nitrogen and oxygen atoms in total. The molecule has 0 spiro atoms. The van der Waals surface area contributed by atoms with Crippen LogP contribution < -0.4 is 4.74 Å². The highest BCUT2D eigenvalue weighted by Gasteiger charge is 2.51. The molecule has 4 aromatic rings. The molecule has 0 aromatic heterocycles. The van der Waals surface area contributed by atoms with E-state index < -0.39 is 0 Å². The molecule has 0 amide bonds. The third kappa shape index (κ3) is 6.02. The first-order chi connectivity index (χ1) is 28.2. The number of aliphatic imine (C=N–C) groups is 2. The van der Waals surface area contributed by atoms with Crippen LogP contribution in [-0.2, 0) is 0 Å². The Morgan fingerprint density at radius 2 is 1.61 bits per heavy atom. The van der Waals surface area contributed by atoms with Gasteiger partial charge in [0, 0.05) is 53.4 Å². The van der Waals surface area contributed by atoms with E-state index >= 15 is 0 Å². The predicted octanol–water partition coefficient (Wildman–Crippen LogP) is 11.1. The summed E-state index contributed by atoms with van der Waals surface area (Å²) in [4.78, 5) is 16.0. The van der Waals surface area contributed by atoms with Crippen LogP contribution in [0, 0.1) is 5.92 Å². The van der Waals surface area contributed by atoms with Crippen LogP contribution >= 0.6 is 0 Å². The molecular formula is C52H48N4O. The summed E-state index contributed by atoms with van der Waals surface area (Å²) in [5.74, 6) is 3.18. The van der Waals surface area contributed by atoms with Crippen LogP contribution in [0.2, 0.25) is 0 Å². The van der Waals surface area contributed by atoms with Gasteiger partial charge in [-0.05, 0) is 91.0 Å². The summed E-state index contributed by atoms with van der Waals surface area (Å²) in [6, 6.07) is 36.3. The van der Waals surface area contributed by atoms with Crippen LogP contribution in [0.4, 0.5) is 0 Å². The van der Waals surface area contributed by atoms with Gasteiger partial charge >= 0.3 is 0 Å². The molecule has 4 aliphatic carbocycles. The second kappa shape index (κ2) is 14.3. The van der Waals surface area contributed by atoms with Gasteiger partial charge in [-0.25, -0.2) is 9.98 Å². The summed E-state index contributed by atoms with van der Waals surface area (Å²) in [6.45, 7) is 0. The second-order valence-corrected chi connectivity index (χ2v) is 16.6. The lowest BCUT2D eigenvalue weighted by atomic mass is 9.78. The number of nitrogens with zero attached hydrogens (tertiary/aromatic N) is 4. The van der Waals surface area contributed by atoms with Crippen molar-refractivity contribution in [1.82, 2.24) is 9.80 Å². The number of ether oxygens (including phenoxy) is 1. The molecule has 1 fully saturated rings. The third-order valence-corrected chi connectivity index (χ3v) is 13.3. The zero-order chi connectivity index (χ0) is 37.9. The monoisotopic (exact) mass is 744 g/mol. The lowest BCUT2D eigenvalue weighted by molar-refractivity contribution is 0.148. The predicted molar refractivity (Wildman–Crippen MR) is 233 cm³/mol. The SMILES string of the molecule is CN1C(c2ccccc2)=NC(c2cc(C3=CC=CCC3)ccc2-c2ccc3c(c2)C2=CC4C(CC2O3)C2=CCCCC2N4C2C=CC=CC2)=NC1c1ccccc1. The number of fused-ring (bicyclic) bond motifs is 6. The quantitative estimate of drug-likeness (QED) is 0.185. The normalized spacial score (nSPS) is 27.2. The maximum absolute atomic E-state index is 6.85. The summed E-state index contributed by atoms with van der Waals surface area (Å²) in [6.07, 6.45) is 28.9. The van der Waals surface area contributed by atoms with Gasteiger partial charge in [0.15, 0.2) is 5.84 Å². The van der Waals surface area contributed by atoms with Crippen molar-refractivity contribution in [3.8, 4) is 16.9 Å². The van der Waals surface area contributed by atoms with Gasteiger partial charge in [0.05, 0.1) is 0 Å². The van der Waals surface area contributed by atoms with Crippen molar-refractivity contribution in [2.24, 2.45) is 15.9 Å². The van der Waals surface area contributed by atoms with E-state index in [-0.39, 0.29) is 12.3 Å². The molecule has 3 aliphatic heterocycles. The van der Waals surface area contributed by atoms with E-state index in [0.29, 0.717) is 24.0 Å². The highest BCUT2D eigenvalue weighted by molar-refractivity contribution is 6.15. The van der Waals surface area contributed by atoms with Crippen LogP contribution in [0.5, 0.6) is 5.75 Å². The summed E-state index contributed by atoms with van der Waals surface area (Å²) >= 11 is 0. The van der Waals surface area contributed by atoms with E-state index in [0.717, 1.165) is 70.9 Å². The number of hydrogen-bond donors (Lipinski definition) is 0. The highest BCUT2D eigenvalue weighted by atomic mass is 16.5. The minimum Gasteiger partial charge on any atom is -0.485 e. The molecule has 0 bridgehead atoms. The molecule has 282 valence electrons. The average molecular weight is 745 g/mol. The number of hydrogen-bond acceptors (Lipinski definition) is 5. The molecule has 11 rings (SSSR count). The smallest absolute Gasteiger partial charge is 0.160 e. The van der Waals surface area contributed by atoms with Crippen molar-refractivity contribution in [3.05, 3.63) is 185 Å². The fraction of sp³-hybridized carbons (Fsp3) is 0.269. The second-order valence-electron chi connectivity index (χ2n) is 16.6. The molecule has 6 unspecified atom stereocenters. The molecule has 57 heavy (non-hydrogen) atoms. The van der Waals surface area contributed by atoms with Crippen LogP contribution in [-0.4, -0.2) is 52.7 Å². The van der Waals surface area contributed by atoms with Crippen molar-refractivity contribution in [3.63, 3.8) is 0 Å². The van der Waals surface area contributed by atoms with Crippen LogP contribution in [0.1, 0.15) is 78.9 Å². The van der Waals surface area contributed by atoms with Gasteiger partial charge in [-0.1, -0.05) is 139 Å². The van der Waals surface area contributed by atoms with Gasteiger partial charge in [0.2, 0.25) is 0 Å². The Balaban J connectivity index is 1.04. The van der Waals surface area contributed by atoms with Crippen molar-refractivity contribution in [1.29, 1.82) is 0 Å². The lowest BCUT2D eigenvalue weighted by Gasteiger charge is -2.38. The van der Waals surface area contributed by atoms with E-state index in [4.69, 9.17) is 14.7 Å². The first-order valence-corrected chi connectivity index (χ1v) is 21.0. The Kier molecular flexibility index (Phi) is 8.65. The Labute approximate surface area is 336 Å². The Morgan fingerprint density at radius 3 is 2.44 bits per heavy atom. The van der Waals surface area contributed by atoms with E-state index in [1.807, 2.05) is 0 Å². The van der Waals surface area contributed by atoms with Crippen LogP contribution in [0.25, 0.3) is 22.3 Å². The largest absolute Gasteiger partial charge is 0.485 e. The molecule has 0 radical (unpaired) electrons. The Morgan fingerprint density at radius 1 is 0.772 bits per heavy atom. The Hall–Kier alpha value is -5.78. The van der Waals surface area contributed by atoms with Gasteiger partial charge in [-0.3, -0.25) is 4.90 Å². The van der Waals surface area contributed by atoms with Crippen LogP contribution in [0.15, 0.2) is 167 Å². The summed E-state index contributed by atoms with van der Waals surface area (Å²) in [5, 5.41) is 0. The van der Waals surface area contributed by atoms with Crippen LogP contribution in [0.3, 0.4) is 0 Å². The van der Waals surface area contributed by atoms with Gasteiger partial charge in [0.25, 0.3) is 0 Å². The number of benzene rings is 4. The zero-order valence-electron chi connectivity index (χ0n) is 32.5. The van der Waals surface area contributed by atoms with Gasteiger partial charge in [-0.2, -0.15) is 0 Å². The number of amidine groups is 2.